The van der Waals surface area contributed by atoms with E-state index in [1.165, 1.54) is 0 Å². The first-order valence-electron chi connectivity index (χ1n) is 8.46. The summed E-state index contributed by atoms with van der Waals surface area (Å²) in [5.74, 6) is -0.0231. The molecule has 5 nitrogen and oxygen atoms in total. The van der Waals surface area contributed by atoms with Gasteiger partial charge in [-0.1, -0.05) is 11.6 Å². The van der Waals surface area contributed by atoms with E-state index in [1.54, 1.807) is 6.07 Å². The summed E-state index contributed by atoms with van der Waals surface area (Å²) in [6, 6.07) is 1.71. The van der Waals surface area contributed by atoms with Gasteiger partial charge >= 0.3 is 5.63 Å². The number of phenolic OH excluding ortho intramolecular Hbond substituents is 1. The summed E-state index contributed by atoms with van der Waals surface area (Å²) in [5.41, 5.74) is 2.47. The maximum Gasteiger partial charge on any atom is 0.339 e. The Morgan fingerprint density at radius 1 is 1.29 bits per heavy atom. The molecule has 1 aromatic carbocycles. The number of hydrogen-bond acceptors (Lipinski definition) is 5. The van der Waals surface area contributed by atoms with Crippen molar-refractivity contribution in [3.05, 3.63) is 38.2 Å². The average molecular weight is 350 g/mol. The van der Waals surface area contributed by atoms with Gasteiger partial charge in [0.1, 0.15) is 11.3 Å². The molecule has 0 saturated carbocycles. The zero-order valence-corrected chi connectivity index (χ0v) is 14.1. The van der Waals surface area contributed by atoms with Crippen molar-refractivity contribution in [1.29, 1.82) is 0 Å². The second-order valence-corrected chi connectivity index (χ2v) is 6.94. The van der Waals surface area contributed by atoms with E-state index < -0.39 is 0 Å². The van der Waals surface area contributed by atoms with E-state index in [0.29, 0.717) is 29.3 Å². The van der Waals surface area contributed by atoms with Crippen LogP contribution in [0.4, 0.5) is 0 Å². The number of nitrogens with one attached hydrogen (secondary N) is 1. The summed E-state index contributed by atoms with van der Waals surface area (Å²) < 4.78 is 11.1. The summed E-state index contributed by atoms with van der Waals surface area (Å²) in [4.78, 5) is 12.2. The molecule has 1 aliphatic heterocycles. The first-order valence-corrected chi connectivity index (χ1v) is 8.84. The Labute approximate surface area is 144 Å². The van der Waals surface area contributed by atoms with Crippen molar-refractivity contribution in [3.8, 4) is 5.75 Å². The highest BCUT2D eigenvalue weighted by molar-refractivity contribution is 6.33. The van der Waals surface area contributed by atoms with Crippen molar-refractivity contribution in [2.45, 2.75) is 44.8 Å². The highest BCUT2D eigenvalue weighted by atomic mass is 35.5. The number of aromatic hydroxyl groups is 1. The third-order valence-electron chi connectivity index (χ3n) is 4.98. The third-order valence-corrected chi connectivity index (χ3v) is 5.27. The molecule has 128 valence electrons. The first kappa shape index (κ1) is 15.9. The van der Waals surface area contributed by atoms with Gasteiger partial charge < -0.3 is 19.6 Å². The van der Waals surface area contributed by atoms with Crippen LogP contribution in [0.15, 0.2) is 15.3 Å². The SMILES string of the molecule is O=c1oc2c(CNC[C@H]3CCCO3)c(O)c(Cl)cc2c2c1CCC2. The minimum Gasteiger partial charge on any atom is -0.506 e. The van der Waals surface area contributed by atoms with Gasteiger partial charge in [0.15, 0.2) is 0 Å². The minimum absolute atomic E-state index is 0.0231. The fourth-order valence-corrected chi connectivity index (χ4v) is 3.99. The molecule has 0 radical (unpaired) electrons. The zero-order chi connectivity index (χ0) is 16.7. The van der Waals surface area contributed by atoms with E-state index in [4.69, 9.17) is 20.8 Å². The maximum absolute atomic E-state index is 12.2. The number of benzene rings is 1. The molecule has 1 aromatic heterocycles. The summed E-state index contributed by atoms with van der Waals surface area (Å²) in [6.07, 6.45) is 4.87. The van der Waals surface area contributed by atoms with E-state index >= 15 is 0 Å². The smallest absolute Gasteiger partial charge is 0.339 e. The summed E-state index contributed by atoms with van der Waals surface area (Å²) >= 11 is 6.22. The predicted molar refractivity (Wildman–Crippen MR) is 91.9 cm³/mol. The number of fused-ring (bicyclic) bond motifs is 3. The van der Waals surface area contributed by atoms with E-state index in [0.717, 1.165) is 55.2 Å². The van der Waals surface area contributed by atoms with Gasteiger partial charge in [0.05, 0.1) is 16.7 Å². The van der Waals surface area contributed by atoms with Crippen LogP contribution in [0.3, 0.4) is 0 Å². The average Bonchev–Trinajstić information content (AvgIpc) is 3.24. The number of halogens is 1. The second kappa shape index (κ2) is 6.39. The molecule has 1 saturated heterocycles. The van der Waals surface area contributed by atoms with Crippen LogP contribution in [-0.4, -0.2) is 24.4 Å². The van der Waals surface area contributed by atoms with Gasteiger partial charge in [-0.05, 0) is 43.7 Å². The fraction of sp³-hybridized carbons (Fsp3) is 0.500. The molecule has 0 unspecified atom stereocenters. The van der Waals surface area contributed by atoms with Gasteiger partial charge in [0.25, 0.3) is 0 Å². The lowest BCUT2D eigenvalue weighted by molar-refractivity contribution is 0.110. The van der Waals surface area contributed by atoms with Gasteiger partial charge in [0.2, 0.25) is 0 Å². The van der Waals surface area contributed by atoms with E-state index in [-0.39, 0.29) is 17.5 Å². The number of aryl methyl sites for hydroxylation is 1. The van der Waals surface area contributed by atoms with Gasteiger partial charge in [0, 0.05) is 30.6 Å². The first-order chi connectivity index (χ1) is 11.6. The molecule has 4 rings (SSSR count). The van der Waals surface area contributed by atoms with Crippen molar-refractivity contribution in [2.75, 3.05) is 13.2 Å². The Kier molecular flexibility index (Phi) is 4.24. The van der Waals surface area contributed by atoms with Gasteiger partial charge in [-0.2, -0.15) is 0 Å². The summed E-state index contributed by atoms with van der Waals surface area (Å²) in [6.45, 7) is 1.88. The fourth-order valence-electron chi connectivity index (χ4n) is 3.76. The highest BCUT2D eigenvalue weighted by Crippen LogP contribution is 2.38. The molecule has 1 atom stereocenters. The van der Waals surface area contributed by atoms with Crippen LogP contribution in [-0.2, 0) is 24.1 Å². The Morgan fingerprint density at radius 2 is 2.12 bits per heavy atom. The van der Waals surface area contributed by atoms with Crippen LogP contribution < -0.4 is 10.9 Å². The topological polar surface area (TPSA) is 71.7 Å². The largest absolute Gasteiger partial charge is 0.506 e. The molecule has 1 fully saturated rings. The lowest BCUT2D eigenvalue weighted by Gasteiger charge is -2.14. The molecule has 0 bridgehead atoms. The molecule has 0 spiro atoms. The number of hydrogen-bond donors (Lipinski definition) is 2. The van der Waals surface area contributed by atoms with Crippen molar-refractivity contribution in [3.63, 3.8) is 0 Å². The molecule has 2 heterocycles. The third kappa shape index (κ3) is 2.70. The summed E-state index contributed by atoms with van der Waals surface area (Å²) in [5, 5.41) is 14.8. The normalized spacial score (nSPS) is 20.0. The molecule has 2 N–H and O–H groups in total. The molecular formula is C18H20ClNO4. The van der Waals surface area contributed by atoms with Gasteiger partial charge in [-0.15, -0.1) is 0 Å². The Bertz CT molecular complexity index is 839. The molecular weight excluding hydrogens is 330 g/mol. The number of rotatable bonds is 4. The standard InChI is InChI=1S/C18H20ClNO4/c19-15-7-13-11-4-1-5-12(11)18(22)24-17(13)14(16(15)21)9-20-8-10-3-2-6-23-10/h7,10,20-21H,1-6,8-9H2/t10-/m1/s1. The molecule has 0 amide bonds. The van der Waals surface area contributed by atoms with E-state index in [2.05, 4.69) is 5.32 Å². The minimum atomic E-state index is -0.294. The molecule has 2 aliphatic rings. The second-order valence-electron chi connectivity index (χ2n) is 6.53. The van der Waals surface area contributed by atoms with E-state index in [9.17, 15) is 9.90 Å². The quantitative estimate of drug-likeness (QED) is 0.830. The van der Waals surface area contributed by atoms with Crippen molar-refractivity contribution >= 4 is 22.6 Å². The zero-order valence-electron chi connectivity index (χ0n) is 13.4. The summed E-state index contributed by atoms with van der Waals surface area (Å²) in [7, 11) is 0. The van der Waals surface area contributed by atoms with Crippen LogP contribution in [0.25, 0.3) is 11.0 Å². The van der Waals surface area contributed by atoms with Crippen LogP contribution in [0.2, 0.25) is 5.02 Å². The molecule has 1 aliphatic carbocycles. The lowest BCUT2D eigenvalue weighted by Crippen LogP contribution is -2.26. The molecule has 6 heteroatoms. The van der Waals surface area contributed by atoms with Crippen molar-refractivity contribution in [1.82, 2.24) is 5.32 Å². The van der Waals surface area contributed by atoms with Gasteiger partial charge in [-0.3, -0.25) is 0 Å². The lowest BCUT2D eigenvalue weighted by atomic mass is 10.0. The van der Waals surface area contributed by atoms with Crippen LogP contribution in [0.1, 0.15) is 36.0 Å². The van der Waals surface area contributed by atoms with Crippen molar-refractivity contribution in [2.24, 2.45) is 0 Å². The Morgan fingerprint density at radius 3 is 2.92 bits per heavy atom. The highest BCUT2D eigenvalue weighted by Gasteiger charge is 2.24. The Hall–Kier alpha value is -1.56. The predicted octanol–water partition coefficient (Wildman–Crippen LogP) is 2.91. The van der Waals surface area contributed by atoms with E-state index in [1.807, 2.05) is 0 Å². The van der Waals surface area contributed by atoms with Crippen LogP contribution in [0, 0.1) is 0 Å². The number of ether oxygens (including phenoxy) is 1. The number of phenols is 1. The maximum atomic E-state index is 12.2. The monoisotopic (exact) mass is 349 g/mol. The molecule has 24 heavy (non-hydrogen) atoms. The van der Waals surface area contributed by atoms with Crippen LogP contribution >= 0.6 is 11.6 Å². The van der Waals surface area contributed by atoms with Gasteiger partial charge in [-0.25, -0.2) is 4.79 Å². The molecule has 2 aromatic rings. The van der Waals surface area contributed by atoms with Crippen molar-refractivity contribution < 1.29 is 14.3 Å². The van der Waals surface area contributed by atoms with Crippen LogP contribution in [0.5, 0.6) is 5.75 Å². The Balaban J connectivity index is 1.71.